The summed E-state index contributed by atoms with van der Waals surface area (Å²) in [5, 5.41) is 8.69. The second-order valence-electron chi connectivity index (χ2n) is 5.85. The Hall–Kier alpha value is -1.51. The van der Waals surface area contributed by atoms with E-state index >= 15 is 0 Å². The number of rotatable bonds is 12. The zero-order valence-electron chi connectivity index (χ0n) is 14.0. The van der Waals surface area contributed by atoms with E-state index < -0.39 is 5.97 Å². The number of unbranched alkanes of at least 4 members (excludes halogenated alkanes) is 3. The van der Waals surface area contributed by atoms with Crippen LogP contribution in [-0.2, 0) is 11.2 Å². The number of carboxylic acid groups (broad SMARTS) is 1. The van der Waals surface area contributed by atoms with Gasteiger partial charge in [0, 0.05) is 6.42 Å². The van der Waals surface area contributed by atoms with E-state index in [1.165, 1.54) is 24.8 Å². The summed E-state index contributed by atoms with van der Waals surface area (Å²) in [6.07, 6.45) is 8.87. The van der Waals surface area contributed by atoms with Gasteiger partial charge in [-0.05, 0) is 50.2 Å². The van der Waals surface area contributed by atoms with Crippen LogP contribution in [0, 0.1) is 0 Å². The molecular formula is C19H30O3. The first kappa shape index (κ1) is 18.5. The molecule has 3 nitrogen and oxygen atoms in total. The van der Waals surface area contributed by atoms with Crippen LogP contribution in [0.4, 0.5) is 0 Å². The van der Waals surface area contributed by atoms with Crippen LogP contribution in [0.2, 0.25) is 0 Å². The van der Waals surface area contributed by atoms with E-state index in [9.17, 15) is 4.79 Å². The number of aliphatic carboxylic acids is 1. The fourth-order valence-corrected chi connectivity index (χ4v) is 2.56. The smallest absolute Gasteiger partial charge is 0.303 e. The van der Waals surface area contributed by atoms with E-state index in [-0.39, 0.29) is 12.5 Å². The lowest BCUT2D eigenvalue weighted by Gasteiger charge is -2.20. The molecule has 0 aliphatic carbocycles. The average Bonchev–Trinajstić information content (AvgIpc) is 2.51. The molecule has 124 valence electrons. The van der Waals surface area contributed by atoms with E-state index in [2.05, 4.69) is 19.9 Å². The highest BCUT2D eigenvalue weighted by atomic mass is 16.5. The minimum atomic E-state index is -0.716. The summed E-state index contributed by atoms with van der Waals surface area (Å²) in [7, 11) is 0. The van der Waals surface area contributed by atoms with Gasteiger partial charge in [0.2, 0.25) is 0 Å². The molecule has 0 radical (unpaired) electrons. The van der Waals surface area contributed by atoms with E-state index in [1.54, 1.807) is 0 Å². The lowest BCUT2D eigenvalue weighted by molar-refractivity contribution is -0.137. The number of hydrogen-bond acceptors (Lipinski definition) is 2. The first-order valence-corrected chi connectivity index (χ1v) is 8.63. The van der Waals surface area contributed by atoms with Crippen molar-refractivity contribution in [3.05, 3.63) is 29.8 Å². The predicted molar refractivity (Wildman–Crippen MR) is 90.5 cm³/mol. The molecule has 0 spiro atoms. The number of aryl methyl sites for hydroxylation is 1. The summed E-state index contributed by atoms with van der Waals surface area (Å²) in [4.78, 5) is 10.6. The maximum atomic E-state index is 10.6. The summed E-state index contributed by atoms with van der Waals surface area (Å²) in [5.41, 5.74) is 1.20. The van der Waals surface area contributed by atoms with Crippen molar-refractivity contribution in [2.75, 3.05) is 0 Å². The topological polar surface area (TPSA) is 46.5 Å². The lowest BCUT2D eigenvalue weighted by atomic mass is 10.1. The number of benzene rings is 1. The van der Waals surface area contributed by atoms with Gasteiger partial charge in [-0.15, -0.1) is 0 Å². The van der Waals surface area contributed by atoms with Crippen molar-refractivity contribution in [3.63, 3.8) is 0 Å². The molecular weight excluding hydrogens is 276 g/mol. The summed E-state index contributed by atoms with van der Waals surface area (Å²) in [5.74, 6) is 0.257. The predicted octanol–water partition coefficient (Wildman–Crippen LogP) is 5.22. The van der Waals surface area contributed by atoms with Crippen molar-refractivity contribution in [2.45, 2.75) is 77.7 Å². The Labute approximate surface area is 134 Å². The Balaban J connectivity index is 2.52. The van der Waals surface area contributed by atoms with Gasteiger partial charge in [-0.2, -0.15) is 0 Å². The highest BCUT2D eigenvalue weighted by Crippen LogP contribution is 2.24. The quantitative estimate of drug-likeness (QED) is 0.538. The first-order valence-electron chi connectivity index (χ1n) is 8.63. The maximum absolute atomic E-state index is 10.6. The van der Waals surface area contributed by atoms with Crippen LogP contribution >= 0.6 is 0 Å². The third-order valence-corrected chi connectivity index (χ3v) is 3.94. The Morgan fingerprint density at radius 1 is 1.14 bits per heavy atom. The van der Waals surface area contributed by atoms with Crippen LogP contribution in [-0.4, -0.2) is 17.2 Å². The fourth-order valence-electron chi connectivity index (χ4n) is 2.56. The van der Waals surface area contributed by atoms with Gasteiger partial charge >= 0.3 is 5.97 Å². The molecule has 0 saturated carbocycles. The van der Waals surface area contributed by atoms with Crippen molar-refractivity contribution in [3.8, 4) is 5.75 Å². The molecule has 1 aromatic carbocycles. The molecule has 1 atom stereocenters. The van der Waals surface area contributed by atoms with Gasteiger partial charge in [0.15, 0.2) is 0 Å². The van der Waals surface area contributed by atoms with Crippen LogP contribution in [0.15, 0.2) is 24.3 Å². The van der Waals surface area contributed by atoms with Crippen LogP contribution in [0.25, 0.3) is 0 Å². The minimum absolute atomic E-state index is 0.248. The number of para-hydroxylation sites is 1. The molecule has 0 amide bonds. The van der Waals surface area contributed by atoms with Crippen molar-refractivity contribution >= 4 is 5.97 Å². The van der Waals surface area contributed by atoms with Crippen molar-refractivity contribution in [1.82, 2.24) is 0 Å². The molecule has 22 heavy (non-hydrogen) atoms. The van der Waals surface area contributed by atoms with Gasteiger partial charge in [0.05, 0.1) is 6.10 Å². The second-order valence-corrected chi connectivity index (χ2v) is 5.85. The molecule has 0 saturated heterocycles. The number of carboxylic acids is 1. The zero-order chi connectivity index (χ0) is 16.2. The number of ether oxygens (including phenoxy) is 1. The summed E-state index contributed by atoms with van der Waals surface area (Å²) < 4.78 is 6.20. The monoisotopic (exact) mass is 306 g/mol. The highest BCUT2D eigenvalue weighted by molar-refractivity contribution is 5.66. The molecule has 0 aliphatic heterocycles. The Kier molecular flexibility index (Phi) is 9.36. The number of hydrogen-bond donors (Lipinski definition) is 1. The molecule has 1 aromatic rings. The Morgan fingerprint density at radius 3 is 2.59 bits per heavy atom. The van der Waals surface area contributed by atoms with Crippen LogP contribution in [0.3, 0.4) is 0 Å². The summed E-state index contributed by atoms with van der Waals surface area (Å²) in [6.45, 7) is 4.39. The third-order valence-electron chi connectivity index (χ3n) is 3.94. The average molecular weight is 306 g/mol. The van der Waals surface area contributed by atoms with Gasteiger partial charge in [-0.25, -0.2) is 0 Å². The van der Waals surface area contributed by atoms with E-state index in [1.807, 2.05) is 18.2 Å². The minimum Gasteiger partial charge on any atom is -0.490 e. The normalized spacial score (nSPS) is 12.1. The SMILES string of the molecule is CCCCCC(CC)Oc1ccccc1CCCCC(=O)O. The van der Waals surface area contributed by atoms with Gasteiger partial charge in [-0.3, -0.25) is 4.79 Å². The molecule has 1 rings (SSSR count). The maximum Gasteiger partial charge on any atom is 0.303 e. The zero-order valence-corrected chi connectivity index (χ0v) is 14.0. The van der Waals surface area contributed by atoms with Gasteiger partial charge < -0.3 is 9.84 Å². The fraction of sp³-hybridized carbons (Fsp3) is 0.632. The van der Waals surface area contributed by atoms with Crippen LogP contribution in [0.5, 0.6) is 5.75 Å². The van der Waals surface area contributed by atoms with Crippen LogP contribution in [0.1, 0.15) is 70.8 Å². The molecule has 0 aliphatic rings. The Morgan fingerprint density at radius 2 is 1.91 bits per heavy atom. The molecule has 3 heteroatoms. The lowest BCUT2D eigenvalue weighted by Crippen LogP contribution is -2.16. The van der Waals surface area contributed by atoms with E-state index in [4.69, 9.17) is 9.84 Å². The number of carbonyl (C=O) groups is 1. The first-order chi connectivity index (χ1) is 10.7. The van der Waals surface area contributed by atoms with Gasteiger partial charge in [0.25, 0.3) is 0 Å². The largest absolute Gasteiger partial charge is 0.490 e. The second kappa shape index (κ2) is 11.1. The Bertz CT molecular complexity index is 428. The molecule has 0 bridgehead atoms. The highest BCUT2D eigenvalue weighted by Gasteiger charge is 2.11. The molecule has 1 N–H and O–H groups in total. The van der Waals surface area contributed by atoms with Gasteiger partial charge in [-0.1, -0.05) is 44.9 Å². The molecule has 0 aromatic heterocycles. The molecule has 1 unspecified atom stereocenters. The standard InChI is InChI=1S/C19H30O3/c1-3-5-6-13-17(4-2)22-18-14-9-7-11-16(18)12-8-10-15-19(20)21/h7,9,11,14,17H,3-6,8,10,12-13,15H2,1-2H3,(H,20,21). The summed E-state index contributed by atoms with van der Waals surface area (Å²) in [6, 6.07) is 8.16. The van der Waals surface area contributed by atoms with Crippen molar-refractivity contribution in [1.29, 1.82) is 0 Å². The third kappa shape index (κ3) is 7.48. The van der Waals surface area contributed by atoms with Crippen molar-refractivity contribution < 1.29 is 14.6 Å². The van der Waals surface area contributed by atoms with E-state index in [0.29, 0.717) is 0 Å². The van der Waals surface area contributed by atoms with Crippen LogP contribution < -0.4 is 4.74 Å². The van der Waals surface area contributed by atoms with E-state index in [0.717, 1.165) is 37.9 Å². The van der Waals surface area contributed by atoms with Crippen molar-refractivity contribution in [2.24, 2.45) is 0 Å². The molecule has 0 fully saturated rings. The summed E-state index contributed by atoms with van der Waals surface area (Å²) >= 11 is 0. The van der Waals surface area contributed by atoms with Gasteiger partial charge in [0.1, 0.15) is 5.75 Å². The molecule has 0 heterocycles.